The number of halogens is 1. The molecule has 2 heterocycles. The monoisotopic (exact) mass is 451 g/mol. The van der Waals surface area contributed by atoms with E-state index in [0.29, 0.717) is 40.2 Å². The molecule has 1 aliphatic rings. The number of rotatable bonds is 8. The maximum Gasteiger partial charge on any atom is 0.306 e. The van der Waals surface area contributed by atoms with E-state index < -0.39 is 5.97 Å². The summed E-state index contributed by atoms with van der Waals surface area (Å²) in [4.78, 5) is 38.5. The zero-order valence-corrected chi connectivity index (χ0v) is 18.3. The number of hydrogen-bond acceptors (Lipinski definition) is 7. The van der Waals surface area contributed by atoms with Gasteiger partial charge >= 0.3 is 5.97 Å². The van der Waals surface area contributed by atoms with E-state index in [0.717, 1.165) is 11.1 Å². The first-order chi connectivity index (χ1) is 14.4. The second-order valence-electron chi connectivity index (χ2n) is 6.73. The number of benzene rings is 1. The smallest absolute Gasteiger partial charge is 0.306 e. The third kappa shape index (κ3) is 5.31. The molecular weight excluding hydrogens is 430 g/mol. The van der Waals surface area contributed by atoms with E-state index in [1.54, 1.807) is 31.3 Å². The Morgan fingerprint density at radius 2 is 1.77 bits per heavy atom. The predicted octanol–water partition coefficient (Wildman–Crippen LogP) is 3.51. The normalized spacial score (nSPS) is 12.8. The number of carbonyl (C=O) groups is 3. The molecule has 2 aromatic rings. The van der Waals surface area contributed by atoms with Crippen molar-refractivity contribution in [1.82, 2.24) is 4.90 Å². The van der Waals surface area contributed by atoms with Crippen LogP contribution in [0.3, 0.4) is 0 Å². The molecule has 3 rings (SSSR count). The van der Waals surface area contributed by atoms with Crippen molar-refractivity contribution in [3.05, 3.63) is 44.6 Å². The molecule has 30 heavy (non-hydrogen) atoms. The van der Waals surface area contributed by atoms with Crippen LogP contribution >= 0.6 is 22.9 Å². The van der Waals surface area contributed by atoms with Gasteiger partial charge in [-0.05, 0) is 41.8 Å². The quantitative estimate of drug-likeness (QED) is 0.451. The third-order valence-corrected chi connectivity index (χ3v) is 6.10. The van der Waals surface area contributed by atoms with Gasteiger partial charge in [0.05, 0.1) is 29.9 Å². The van der Waals surface area contributed by atoms with E-state index in [1.165, 1.54) is 11.3 Å². The second kappa shape index (κ2) is 9.95. The number of amides is 1. The molecule has 0 bridgehead atoms. The molecule has 0 radical (unpaired) electrons. The lowest BCUT2D eigenvalue weighted by Crippen LogP contribution is -2.38. The average molecular weight is 452 g/mol. The van der Waals surface area contributed by atoms with Gasteiger partial charge in [0, 0.05) is 19.5 Å². The molecule has 1 aromatic heterocycles. The van der Waals surface area contributed by atoms with Crippen molar-refractivity contribution in [1.29, 1.82) is 0 Å². The number of carbonyl (C=O) groups excluding carboxylic acids is 3. The van der Waals surface area contributed by atoms with Gasteiger partial charge in [-0.15, -0.1) is 11.3 Å². The van der Waals surface area contributed by atoms with E-state index in [-0.39, 0.29) is 31.1 Å². The van der Waals surface area contributed by atoms with Crippen molar-refractivity contribution in [3.8, 4) is 11.5 Å². The van der Waals surface area contributed by atoms with Crippen molar-refractivity contribution in [3.63, 3.8) is 0 Å². The first-order valence-corrected chi connectivity index (χ1v) is 10.6. The van der Waals surface area contributed by atoms with Crippen molar-refractivity contribution in [2.75, 3.05) is 27.4 Å². The minimum atomic E-state index is -0.580. The van der Waals surface area contributed by atoms with Gasteiger partial charge in [0.1, 0.15) is 0 Å². The number of thiophene rings is 1. The molecule has 1 aromatic carbocycles. The first kappa shape index (κ1) is 22.1. The largest absolute Gasteiger partial charge is 0.493 e. The Bertz CT molecular complexity index is 957. The van der Waals surface area contributed by atoms with Gasteiger partial charge in [-0.2, -0.15) is 0 Å². The van der Waals surface area contributed by atoms with E-state index in [9.17, 15) is 14.4 Å². The molecule has 0 unspecified atom stereocenters. The number of fused-ring (bicyclic) bond motifs is 1. The second-order valence-corrected chi connectivity index (χ2v) is 8.44. The molecule has 0 spiro atoms. The number of nitrogens with zero attached hydrogens (tertiary/aromatic N) is 1. The van der Waals surface area contributed by atoms with Crippen LogP contribution in [-0.4, -0.2) is 49.9 Å². The molecule has 0 saturated carbocycles. The number of ether oxygens (including phenoxy) is 3. The van der Waals surface area contributed by atoms with E-state index in [1.807, 2.05) is 12.1 Å². The fourth-order valence-electron chi connectivity index (χ4n) is 3.20. The van der Waals surface area contributed by atoms with Crippen LogP contribution in [0.1, 0.15) is 33.6 Å². The highest BCUT2D eigenvalue weighted by molar-refractivity contribution is 7.18. The molecule has 1 amide bonds. The highest BCUT2D eigenvalue weighted by Gasteiger charge is 2.24. The van der Waals surface area contributed by atoms with Crippen LogP contribution < -0.4 is 9.47 Å². The van der Waals surface area contributed by atoms with Crippen LogP contribution in [0.2, 0.25) is 4.34 Å². The summed E-state index contributed by atoms with van der Waals surface area (Å²) in [5, 5.41) is 0. The number of esters is 1. The van der Waals surface area contributed by atoms with Crippen LogP contribution in [0.15, 0.2) is 24.3 Å². The van der Waals surface area contributed by atoms with Gasteiger partial charge in [0.2, 0.25) is 0 Å². The lowest BCUT2D eigenvalue weighted by atomic mass is 9.99. The van der Waals surface area contributed by atoms with Crippen LogP contribution in [0.25, 0.3) is 0 Å². The maximum atomic E-state index is 12.5. The number of ketones is 1. The fraction of sp³-hybridized carbons (Fsp3) is 0.381. The van der Waals surface area contributed by atoms with E-state index in [2.05, 4.69) is 0 Å². The molecule has 0 saturated heterocycles. The lowest BCUT2D eigenvalue weighted by molar-refractivity contribution is -0.152. The molecule has 0 aliphatic carbocycles. The van der Waals surface area contributed by atoms with Gasteiger partial charge in [-0.3, -0.25) is 14.4 Å². The highest BCUT2D eigenvalue weighted by Crippen LogP contribution is 2.33. The Labute approximate surface area is 183 Å². The van der Waals surface area contributed by atoms with Gasteiger partial charge in [-0.1, -0.05) is 11.6 Å². The molecule has 0 fully saturated rings. The van der Waals surface area contributed by atoms with Gasteiger partial charge < -0.3 is 19.1 Å². The van der Waals surface area contributed by atoms with Crippen LogP contribution in [-0.2, 0) is 27.3 Å². The predicted molar refractivity (Wildman–Crippen MR) is 113 cm³/mol. The van der Waals surface area contributed by atoms with Crippen molar-refractivity contribution < 1.29 is 28.6 Å². The summed E-state index contributed by atoms with van der Waals surface area (Å²) < 4.78 is 16.2. The molecular formula is C21H22ClNO6S. The molecule has 1 aliphatic heterocycles. The summed E-state index contributed by atoms with van der Waals surface area (Å²) >= 11 is 6.98. The Morgan fingerprint density at radius 3 is 2.40 bits per heavy atom. The topological polar surface area (TPSA) is 82.1 Å². The highest BCUT2D eigenvalue weighted by atomic mass is 35.5. The molecule has 9 heteroatoms. The minimum absolute atomic E-state index is 0.0165. The van der Waals surface area contributed by atoms with Crippen LogP contribution in [0, 0.1) is 0 Å². The molecule has 7 nitrogen and oxygen atoms in total. The summed E-state index contributed by atoms with van der Waals surface area (Å²) in [5.41, 5.74) is 2.07. The standard InChI is InChI=1S/C21H22ClNO6S/c1-27-16-9-13-7-8-23(11-14(13)10-17(16)28-2)20(25)12-29-21(26)6-3-15(24)18-4-5-19(22)30-18/h4-5,9-10H,3,6-8,11-12H2,1-2H3. The van der Waals surface area contributed by atoms with Crippen molar-refractivity contribution >= 4 is 40.6 Å². The number of Topliss-reactive ketones (excluding diaryl/α,β-unsaturated/α-hetero) is 1. The minimum Gasteiger partial charge on any atom is -0.493 e. The van der Waals surface area contributed by atoms with Crippen LogP contribution in [0.5, 0.6) is 11.5 Å². The van der Waals surface area contributed by atoms with E-state index in [4.69, 9.17) is 25.8 Å². The molecule has 0 N–H and O–H groups in total. The van der Waals surface area contributed by atoms with Crippen molar-refractivity contribution in [2.24, 2.45) is 0 Å². The summed E-state index contributed by atoms with van der Waals surface area (Å²) in [6.45, 7) is 0.584. The first-order valence-electron chi connectivity index (χ1n) is 9.37. The molecule has 0 atom stereocenters. The Morgan fingerprint density at radius 1 is 1.07 bits per heavy atom. The summed E-state index contributed by atoms with van der Waals surface area (Å²) in [5.74, 6) is 0.230. The van der Waals surface area contributed by atoms with Crippen molar-refractivity contribution in [2.45, 2.75) is 25.8 Å². The fourth-order valence-corrected chi connectivity index (χ4v) is 4.22. The van der Waals surface area contributed by atoms with Gasteiger partial charge in [-0.25, -0.2) is 0 Å². The number of hydrogen-bond donors (Lipinski definition) is 0. The Hall–Kier alpha value is -2.58. The van der Waals surface area contributed by atoms with Gasteiger partial charge in [0.25, 0.3) is 5.91 Å². The SMILES string of the molecule is COc1cc2c(cc1OC)CN(C(=O)COC(=O)CCC(=O)c1ccc(Cl)s1)CC2. The zero-order valence-electron chi connectivity index (χ0n) is 16.7. The maximum absolute atomic E-state index is 12.5. The van der Waals surface area contributed by atoms with Gasteiger partial charge in [0.15, 0.2) is 23.9 Å². The molecule has 160 valence electrons. The summed E-state index contributed by atoms with van der Waals surface area (Å²) in [7, 11) is 3.15. The zero-order chi connectivity index (χ0) is 21.7. The van der Waals surface area contributed by atoms with Crippen LogP contribution in [0.4, 0.5) is 0 Å². The lowest BCUT2D eigenvalue weighted by Gasteiger charge is -2.29. The Kier molecular flexibility index (Phi) is 7.33. The number of methoxy groups -OCH3 is 2. The summed E-state index contributed by atoms with van der Waals surface area (Å²) in [6, 6.07) is 7.05. The third-order valence-electron chi connectivity index (χ3n) is 4.83. The van der Waals surface area contributed by atoms with E-state index >= 15 is 0 Å². The summed E-state index contributed by atoms with van der Waals surface area (Å²) in [6.07, 6.45) is 0.608. The average Bonchev–Trinajstić information content (AvgIpc) is 3.20. The Balaban J connectivity index is 1.48.